The fraction of sp³-hybridized carbons (Fsp3) is 0.375. The standard InChI is InChI=1S/C24H26FNO4/c1-4-5-10-29-11-12-30-21-14-23(27-2)22(24(15-21)28-3)9-7-18-6-8-19(17-26)20(13-18)16-25/h6,8,13-15H,4-5,10-12,16H2,1-3H3. The van der Waals surface area contributed by atoms with Crippen molar-refractivity contribution in [3.8, 4) is 35.2 Å². The minimum absolute atomic E-state index is 0.304. The topological polar surface area (TPSA) is 60.7 Å². The first-order chi connectivity index (χ1) is 14.7. The van der Waals surface area contributed by atoms with Crippen molar-refractivity contribution in [2.45, 2.75) is 26.4 Å². The van der Waals surface area contributed by atoms with E-state index in [2.05, 4.69) is 18.8 Å². The van der Waals surface area contributed by atoms with Gasteiger partial charge >= 0.3 is 0 Å². The smallest absolute Gasteiger partial charge is 0.141 e. The van der Waals surface area contributed by atoms with Crippen LogP contribution in [-0.4, -0.2) is 34.0 Å². The second-order valence-electron chi connectivity index (χ2n) is 6.38. The Balaban J connectivity index is 2.21. The Hall–Kier alpha value is -3.22. The highest BCUT2D eigenvalue weighted by molar-refractivity contribution is 5.60. The number of nitriles is 1. The van der Waals surface area contributed by atoms with E-state index in [-0.39, 0.29) is 0 Å². The van der Waals surface area contributed by atoms with Crippen LogP contribution in [0.2, 0.25) is 0 Å². The Morgan fingerprint density at radius 3 is 2.30 bits per heavy atom. The van der Waals surface area contributed by atoms with Crippen LogP contribution in [0.25, 0.3) is 0 Å². The summed E-state index contributed by atoms with van der Waals surface area (Å²) in [5.41, 5.74) is 1.76. The number of halogens is 1. The first kappa shape index (κ1) is 23.1. The van der Waals surface area contributed by atoms with Gasteiger partial charge in [-0.25, -0.2) is 4.39 Å². The lowest BCUT2D eigenvalue weighted by Gasteiger charge is -2.13. The first-order valence-corrected chi connectivity index (χ1v) is 9.74. The summed E-state index contributed by atoms with van der Waals surface area (Å²) in [5, 5.41) is 9.02. The number of rotatable bonds is 10. The minimum atomic E-state index is -0.723. The molecule has 0 unspecified atom stereocenters. The van der Waals surface area contributed by atoms with Crippen LogP contribution in [0.3, 0.4) is 0 Å². The van der Waals surface area contributed by atoms with Crippen LogP contribution in [0.15, 0.2) is 30.3 Å². The molecule has 0 spiro atoms. The average molecular weight is 411 g/mol. The van der Waals surface area contributed by atoms with E-state index in [4.69, 9.17) is 24.2 Å². The summed E-state index contributed by atoms with van der Waals surface area (Å²) in [5.74, 6) is 7.60. The molecule has 0 amide bonds. The normalized spacial score (nSPS) is 9.97. The van der Waals surface area contributed by atoms with Crippen molar-refractivity contribution in [2.24, 2.45) is 0 Å². The van der Waals surface area contributed by atoms with Gasteiger partial charge in [0.1, 0.15) is 36.1 Å². The lowest BCUT2D eigenvalue weighted by molar-refractivity contribution is 0.0979. The third kappa shape index (κ3) is 6.40. The first-order valence-electron chi connectivity index (χ1n) is 9.74. The van der Waals surface area contributed by atoms with E-state index in [1.165, 1.54) is 0 Å². The average Bonchev–Trinajstić information content (AvgIpc) is 2.79. The number of methoxy groups -OCH3 is 2. The third-order valence-corrected chi connectivity index (χ3v) is 4.32. The molecule has 6 heteroatoms. The molecule has 0 aliphatic heterocycles. The molecular weight excluding hydrogens is 385 g/mol. The van der Waals surface area contributed by atoms with Gasteiger partial charge in [0.2, 0.25) is 0 Å². The van der Waals surface area contributed by atoms with Crippen LogP contribution in [0.4, 0.5) is 4.39 Å². The van der Waals surface area contributed by atoms with Gasteiger partial charge in [0.15, 0.2) is 0 Å². The Bertz CT molecular complexity index is 915. The highest BCUT2D eigenvalue weighted by atomic mass is 19.1. The number of hydrogen-bond donors (Lipinski definition) is 0. The van der Waals surface area contributed by atoms with Crippen molar-refractivity contribution in [1.29, 1.82) is 5.26 Å². The molecule has 0 aliphatic rings. The molecule has 2 rings (SSSR count). The van der Waals surface area contributed by atoms with Crippen molar-refractivity contribution >= 4 is 0 Å². The molecule has 0 N–H and O–H groups in total. The molecule has 0 fully saturated rings. The Kier molecular flexibility index (Phi) is 9.51. The molecule has 0 saturated carbocycles. The zero-order valence-electron chi connectivity index (χ0n) is 17.6. The van der Waals surface area contributed by atoms with Crippen molar-refractivity contribution in [1.82, 2.24) is 0 Å². The largest absolute Gasteiger partial charge is 0.495 e. The predicted octanol–water partition coefficient (Wildman–Crippen LogP) is 4.64. The molecule has 0 bridgehead atoms. The quantitative estimate of drug-likeness (QED) is 0.421. The van der Waals surface area contributed by atoms with Gasteiger partial charge in [0, 0.05) is 29.9 Å². The summed E-state index contributed by atoms with van der Waals surface area (Å²) < 4.78 is 35.3. The molecule has 0 aromatic heterocycles. The van der Waals surface area contributed by atoms with Gasteiger partial charge in [0.05, 0.1) is 32.5 Å². The molecule has 2 aromatic carbocycles. The predicted molar refractivity (Wildman–Crippen MR) is 113 cm³/mol. The summed E-state index contributed by atoms with van der Waals surface area (Å²) in [6, 6.07) is 10.3. The van der Waals surface area contributed by atoms with E-state index in [1.807, 2.05) is 6.07 Å². The number of ether oxygens (including phenoxy) is 4. The monoisotopic (exact) mass is 411 g/mol. The third-order valence-electron chi connectivity index (χ3n) is 4.32. The number of unbranched alkanes of at least 4 members (excludes halogenated alkanes) is 1. The Labute approximate surface area is 177 Å². The molecule has 158 valence electrons. The maximum atomic E-state index is 13.1. The molecule has 0 radical (unpaired) electrons. The van der Waals surface area contributed by atoms with Crippen LogP contribution in [0.1, 0.15) is 42.0 Å². The van der Waals surface area contributed by atoms with Crippen molar-refractivity contribution in [3.05, 3.63) is 52.6 Å². The van der Waals surface area contributed by atoms with Crippen LogP contribution in [-0.2, 0) is 11.4 Å². The van der Waals surface area contributed by atoms with E-state index in [9.17, 15) is 4.39 Å². The second kappa shape index (κ2) is 12.4. The number of benzene rings is 2. The van der Waals surface area contributed by atoms with E-state index in [0.29, 0.717) is 52.7 Å². The van der Waals surface area contributed by atoms with Gasteiger partial charge in [-0.2, -0.15) is 5.26 Å². The van der Waals surface area contributed by atoms with E-state index >= 15 is 0 Å². The van der Waals surface area contributed by atoms with E-state index in [1.54, 1.807) is 44.6 Å². The maximum Gasteiger partial charge on any atom is 0.141 e. The van der Waals surface area contributed by atoms with Gasteiger partial charge < -0.3 is 18.9 Å². The van der Waals surface area contributed by atoms with Gasteiger partial charge in [-0.05, 0) is 24.6 Å². The van der Waals surface area contributed by atoms with Gasteiger partial charge in [-0.1, -0.05) is 25.2 Å². The van der Waals surface area contributed by atoms with Crippen molar-refractivity contribution < 1.29 is 23.3 Å². The molecule has 0 atom stereocenters. The molecule has 0 aliphatic carbocycles. The van der Waals surface area contributed by atoms with Crippen LogP contribution in [0, 0.1) is 23.2 Å². The van der Waals surface area contributed by atoms with Crippen LogP contribution >= 0.6 is 0 Å². The molecule has 2 aromatic rings. The maximum absolute atomic E-state index is 13.1. The minimum Gasteiger partial charge on any atom is -0.495 e. The zero-order valence-corrected chi connectivity index (χ0v) is 17.6. The molecule has 0 heterocycles. The molecule has 5 nitrogen and oxygen atoms in total. The Morgan fingerprint density at radius 1 is 0.967 bits per heavy atom. The fourth-order valence-electron chi connectivity index (χ4n) is 2.69. The lowest BCUT2D eigenvalue weighted by Crippen LogP contribution is -2.08. The Morgan fingerprint density at radius 2 is 1.70 bits per heavy atom. The lowest BCUT2D eigenvalue weighted by atomic mass is 10.1. The summed E-state index contributed by atoms with van der Waals surface area (Å²) in [6.45, 7) is 3.03. The van der Waals surface area contributed by atoms with Crippen molar-refractivity contribution in [3.63, 3.8) is 0 Å². The zero-order chi connectivity index (χ0) is 21.8. The number of nitrogens with zero attached hydrogens (tertiary/aromatic N) is 1. The molecule has 0 saturated heterocycles. The van der Waals surface area contributed by atoms with Gasteiger partial charge in [-0.3, -0.25) is 0 Å². The highest BCUT2D eigenvalue weighted by Crippen LogP contribution is 2.33. The van der Waals surface area contributed by atoms with Crippen molar-refractivity contribution in [2.75, 3.05) is 34.0 Å². The summed E-state index contributed by atoms with van der Waals surface area (Å²) in [4.78, 5) is 0. The SMILES string of the molecule is CCCCOCCOc1cc(OC)c(C#Cc2ccc(C#N)c(CF)c2)c(OC)c1. The summed E-state index contributed by atoms with van der Waals surface area (Å²) in [6.07, 6.45) is 2.12. The molecular formula is C24H26FNO4. The van der Waals surface area contributed by atoms with Crippen LogP contribution in [0.5, 0.6) is 17.2 Å². The summed E-state index contributed by atoms with van der Waals surface area (Å²) >= 11 is 0. The highest BCUT2D eigenvalue weighted by Gasteiger charge is 2.12. The van der Waals surface area contributed by atoms with E-state index < -0.39 is 6.67 Å². The van der Waals surface area contributed by atoms with Crippen LogP contribution < -0.4 is 14.2 Å². The van der Waals surface area contributed by atoms with Gasteiger partial charge in [0.25, 0.3) is 0 Å². The second-order valence-corrected chi connectivity index (χ2v) is 6.38. The van der Waals surface area contributed by atoms with Gasteiger partial charge in [-0.15, -0.1) is 0 Å². The molecule has 30 heavy (non-hydrogen) atoms. The summed E-state index contributed by atoms with van der Waals surface area (Å²) in [7, 11) is 3.08. The number of alkyl halides is 1. The fourth-order valence-corrected chi connectivity index (χ4v) is 2.69. The van der Waals surface area contributed by atoms with E-state index in [0.717, 1.165) is 19.4 Å². The number of hydrogen-bond acceptors (Lipinski definition) is 5.